The van der Waals surface area contributed by atoms with Crippen molar-refractivity contribution in [2.45, 2.75) is 12.2 Å². The third-order valence-electron chi connectivity index (χ3n) is 3.19. The van der Waals surface area contributed by atoms with Crippen LogP contribution in [0, 0.1) is 0 Å². The number of urea groups is 1. The van der Waals surface area contributed by atoms with E-state index in [2.05, 4.69) is 5.32 Å². The number of benzene rings is 1. The monoisotopic (exact) mass is 288 g/mol. The smallest absolute Gasteiger partial charge is 0.383 e. The van der Waals surface area contributed by atoms with E-state index in [1.54, 1.807) is 12.0 Å². The topological polar surface area (TPSA) is 41.6 Å². The highest BCUT2D eigenvalue weighted by molar-refractivity contribution is 5.77. The fraction of sp³-hybridized carbons (Fsp3) is 0.462. The summed E-state index contributed by atoms with van der Waals surface area (Å²) in [6, 6.07) is 4.33. The fourth-order valence-corrected chi connectivity index (χ4v) is 2.08. The molecule has 1 aromatic rings. The number of hydrogen-bond donors (Lipinski definition) is 1. The van der Waals surface area contributed by atoms with E-state index in [-0.39, 0.29) is 12.1 Å². The van der Waals surface area contributed by atoms with Crippen molar-refractivity contribution in [2.24, 2.45) is 0 Å². The molecule has 1 aromatic carbocycles. The van der Waals surface area contributed by atoms with Gasteiger partial charge in [0.15, 0.2) is 0 Å². The van der Waals surface area contributed by atoms with E-state index < -0.39 is 11.7 Å². The maximum absolute atomic E-state index is 12.5. The SMILES string of the molecule is COCCN1CC(c2ccc(C(F)(F)F)cc2)NC1=O. The van der Waals surface area contributed by atoms with E-state index in [1.807, 2.05) is 0 Å². The molecule has 2 amide bonds. The highest BCUT2D eigenvalue weighted by Crippen LogP contribution is 2.30. The number of rotatable bonds is 4. The number of amides is 2. The Morgan fingerprint density at radius 2 is 2.00 bits per heavy atom. The molecule has 7 heteroatoms. The van der Waals surface area contributed by atoms with Gasteiger partial charge in [0.25, 0.3) is 0 Å². The minimum absolute atomic E-state index is 0.230. The number of nitrogens with one attached hydrogen (secondary N) is 1. The van der Waals surface area contributed by atoms with Crippen LogP contribution in [0.2, 0.25) is 0 Å². The van der Waals surface area contributed by atoms with E-state index in [9.17, 15) is 18.0 Å². The van der Waals surface area contributed by atoms with Crippen LogP contribution >= 0.6 is 0 Å². The van der Waals surface area contributed by atoms with Gasteiger partial charge < -0.3 is 15.0 Å². The maximum Gasteiger partial charge on any atom is 0.416 e. The predicted octanol–water partition coefficient (Wildman–Crippen LogP) is 2.42. The number of alkyl halides is 3. The second-order valence-corrected chi connectivity index (χ2v) is 4.56. The van der Waals surface area contributed by atoms with Gasteiger partial charge in [-0.3, -0.25) is 0 Å². The number of ether oxygens (including phenoxy) is 1. The average molecular weight is 288 g/mol. The van der Waals surface area contributed by atoms with Gasteiger partial charge in [0.05, 0.1) is 18.2 Å². The van der Waals surface area contributed by atoms with Crippen molar-refractivity contribution in [2.75, 3.05) is 26.8 Å². The van der Waals surface area contributed by atoms with Crippen molar-refractivity contribution in [1.82, 2.24) is 10.2 Å². The quantitative estimate of drug-likeness (QED) is 0.924. The minimum Gasteiger partial charge on any atom is -0.383 e. The summed E-state index contributed by atoms with van der Waals surface area (Å²) in [6.45, 7) is 1.31. The third-order valence-corrected chi connectivity index (χ3v) is 3.19. The largest absolute Gasteiger partial charge is 0.416 e. The van der Waals surface area contributed by atoms with Gasteiger partial charge in [0.1, 0.15) is 0 Å². The lowest BCUT2D eigenvalue weighted by molar-refractivity contribution is -0.137. The maximum atomic E-state index is 12.5. The van der Waals surface area contributed by atoms with Crippen LogP contribution in [0.4, 0.5) is 18.0 Å². The lowest BCUT2D eigenvalue weighted by Crippen LogP contribution is -2.30. The first-order valence-corrected chi connectivity index (χ1v) is 6.13. The number of nitrogens with zero attached hydrogens (tertiary/aromatic N) is 1. The van der Waals surface area contributed by atoms with E-state index in [0.29, 0.717) is 25.3 Å². The molecule has 1 unspecified atom stereocenters. The van der Waals surface area contributed by atoms with E-state index >= 15 is 0 Å². The molecule has 1 saturated heterocycles. The van der Waals surface area contributed by atoms with Crippen LogP contribution in [0.1, 0.15) is 17.2 Å². The first kappa shape index (κ1) is 14.6. The molecule has 0 aromatic heterocycles. The molecule has 2 rings (SSSR count). The molecule has 1 N–H and O–H groups in total. The Labute approximate surface area is 114 Å². The summed E-state index contributed by atoms with van der Waals surface area (Å²) in [7, 11) is 1.54. The highest BCUT2D eigenvalue weighted by atomic mass is 19.4. The van der Waals surface area contributed by atoms with Crippen LogP contribution in [0.15, 0.2) is 24.3 Å². The average Bonchev–Trinajstić information content (AvgIpc) is 2.77. The summed E-state index contributed by atoms with van der Waals surface area (Å²) in [5, 5.41) is 2.74. The van der Waals surface area contributed by atoms with Gasteiger partial charge >= 0.3 is 12.2 Å². The Kier molecular flexibility index (Phi) is 4.17. The second kappa shape index (κ2) is 5.70. The molecule has 1 aliphatic rings. The van der Waals surface area contributed by atoms with Gasteiger partial charge in [0, 0.05) is 20.2 Å². The van der Waals surface area contributed by atoms with Gasteiger partial charge in [-0.05, 0) is 17.7 Å². The Morgan fingerprint density at radius 1 is 1.35 bits per heavy atom. The second-order valence-electron chi connectivity index (χ2n) is 4.56. The Hall–Kier alpha value is -1.76. The molecule has 0 saturated carbocycles. The van der Waals surface area contributed by atoms with Gasteiger partial charge in [-0.2, -0.15) is 13.2 Å². The molecule has 110 valence electrons. The number of carbonyl (C=O) groups is 1. The summed E-state index contributed by atoms with van der Waals surface area (Å²) >= 11 is 0. The van der Waals surface area contributed by atoms with Crippen LogP contribution in [0.5, 0.6) is 0 Å². The van der Waals surface area contributed by atoms with Gasteiger partial charge in [0.2, 0.25) is 0 Å². The van der Waals surface area contributed by atoms with Gasteiger partial charge in [-0.15, -0.1) is 0 Å². The van der Waals surface area contributed by atoms with E-state index in [1.165, 1.54) is 12.1 Å². The molecule has 1 aliphatic heterocycles. The van der Waals surface area contributed by atoms with Crippen molar-refractivity contribution in [3.63, 3.8) is 0 Å². The Bertz CT molecular complexity index is 473. The van der Waals surface area contributed by atoms with Crippen molar-refractivity contribution < 1.29 is 22.7 Å². The number of methoxy groups -OCH3 is 1. The van der Waals surface area contributed by atoms with Gasteiger partial charge in [-0.1, -0.05) is 12.1 Å². The number of carbonyl (C=O) groups excluding carboxylic acids is 1. The highest BCUT2D eigenvalue weighted by Gasteiger charge is 2.32. The summed E-state index contributed by atoms with van der Waals surface area (Å²) < 4.78 is 42.3. The van der Waals surface area contributed by atoms with Crippen LogP contribution in [-0.4, -0.2) is 37.7 Å². The van der Waals surface area contributed by atoms with Crippen molar-refractivity contribution in [3.05, 3.63) is 35.4 Å². The zero-order valence-electron chi connectivity index (χ0n) is 10.9. The summed E-state index contributed by atoms with van der Waals surface area (Å²) in [6.07, 6.45) is -4.35. The van der Waals surface area contributed by atoms with Crippen LogP contribution < -0.4 is 5.32 Å². The fourth-order valence-electron chi connectivity index (χ4n) is 2.08. The normalized spacial score (nSPS) is 19.3. The first-order chi connectivity index (χ1) is 9.41. The van der Waals surface area contributed by atoms with E-state index in [0.717, 1.165) is 12.1 Å². The summed E-state index contributed by atoms with van der Waals surface area (Å²) in [5.41, 5.74) is -0.0342. The van der Waals surface area contributed by atoms with Crippen molar-refractivity contribution in [1.29, 1.82) is 0 Å². The number of hydrogen-bond acceptors (Lipinski definition) is 2. The lowest BCUT2D eigenvalue weighted by Gasteiger charge is -2.14. The zero-order valence-corrected chi connectivity index (χ0v) is 10.9. The molecule has 1 atom stereocenters. The van der Waals surface area contributed by atoms with Gasteiger partial charge in [-0.25, -0.2) is 4.79 Å². The molecule has 4 nitrogen and oxygen atoms in total. The molecular formula is C13H15F3N2O2. The zero-order chi connectivity index (χ0) is 14.8. The van der Waals surface area contributed by atoms with Crippen LogP contribution in [0.25, 0.3) is 0 Å². The van der Waals surface area contributed by atoms with E-state index in [4.69, 9.17) is 4.74 Å². The first-order valence-electron chi connectivity index (χ1n) is 6.13. The predicted molar refractivity (Wildman–Crippen MR) is 66.2 cm³/mol. The molecular weight excluding hydrogens is 273 g/mol. The van der Waals surface area contributed by atoms with Crippen molar-refractivity contribution in [3.8, 4) is 0 Å². The third kappa shape index (κ3) is 3.22. The van der Waals surface area contributed by atoms with Crippen molar-refractivity contribution >= 4 is 6.03 Å². The summed E-state index contributed by atoms with van der Waals surface area (Å²) in [5.74, 6) is 0. The molecule has 1 heterocycles. The Morgan fingerprint density at radius 3 is 2.55 bits per heavy atom. The minimum atomic E-state index is -4.35. The molecule has 0 bridgehead atoms. The molecule has 0 aliphatic carbocycles. The molecule has 20 heavy (non-hydrogen) atoms. The molecule has 1 fully saturated rings. The summed E-state index contributed by atoms with van der Waals surface area (Å²) in [4.78, 5) is 13.2. The molecule has 0 radical (unpaired) electrons. The number of halogens is 3. The van der Waals surface area contributed by atoms with Crippen LogP contribution in [0.3, 0.4) is 0 Å². The molecule has 0 spiro atoms. The Balaban J connectivity index is 2.04. The standard InChI is InChI=1S/C13H15F3N2O2/c1-20-7-6-18-8-11(17-12(18)19)9-2-4-10(5-3-9)13(14,15)16/h2-5,11H,6-8H2,1H3,(H,17,19). The van der Waals surface area contributed by atoms with Crippen LogP contribution in [-0.2, 0) is 10.9 Å². The lowest BCUT2D eigenvalue weighted by atomic mass is 10.1.